The fourth-order valence-corrected chi connectivity index (χ4v) is 2.41. The highest BCUT2D eigenvalue weighted by Gasteiger charge is 2.20. The molecule has 0 aromatic heterocycles. The number of benzene rings is 1. The molecule has 0 amide bonds. The van der Waals surface area contributed by atoms with Crippen LogP contribution in [0.25, 0.3) is 0 Å². The van der Waals surface area contributed by atoms with Gasteiger partial charge in [0.25, 0.3) is 0 Å². The second-order valence-electron chi connectivity index (χ2n) is 4.11. The molecule has 82 valence electrons. The molecule has 0 spiro atoms. The van der Waals surface area contributed by atoms with E-state index in [1.54, 1.807) is 0 Å². The molecule has 0 bridgehead atoms. The summed E-state index contributed by atoms with van der Waals surface area (Å²) >= 11 is 0. The van der Waals surface area contributed by atoms with Crippen molar-refractivity contribution in [1.29, 1.82) is 0 Å². The number of nitrogens with zero attached hydrogens (tertiary/aromatic N) is 1. The molecule has 2 nitrogen and oxygen atoms in total. The van der Waals surface area contributed by atoms with Gasteiger partial charge >= 0.3 is 0 Å². The van der Waals surface area contributed by atoms with Crippen molar-refractivity contribution < 1.29 is 0 Å². The number of para-hydroxylation sites is 2. The van der Waals surface area contributed by atoms with Gasteiger partial charge in [-0.25, -0.2) is 0 Å². The molecular weight excluding hydrogens is 184 g/mol. The fraction of sp³-hybridized carbons (Fsp3) is 0.538. The van der Waals surface area contributed by atoms with Crippen molar-refractivity contribution in [3.8, 4) is 0 Å². The van der Waals surface area contributed by atoms with Gasteiger partial charge in [-0.05, 0) is 25.0 Å². The maximum absolute atomic E-state index is 3.45. The first kappa shape index (κ1) is 10.3. The molecule has 0 atom stereocenters. The van der Waals surface area contributed by atoms with Gasteiger partial charge in [0.1, 0.15) is 0 Å². The van der Waals surface area contributed by atoms with E-state index in [1.807, 2.05) is 0 Å². The van der Waals surface area contributed by atoms with E-state index in [-0.39, 0.29) is 0 Å². The van der Waals surface area contributed by atoms with Crippen LogP contribution in [0.3, 0.4) is 0 Å². The third-order valence-corrected chi connectivity index (χ3v) is 3.26. The van der Waals surface area contributed by atoms with Crippen molar-refractivity contribution in [2.24, 2.45) is 0 Å². The van der Waals surface area contributed by atoms with E-state index < -0.39 is 0 Å². The van der Waals surface area contributed by atoms with Crippen molar-refractivity contribution in [3.05, 3.63) is 24.3 Å². The maximum Gasteiger partial charge on any atom is 0.0605 e. The highest BCUT2D eigenvalue weighted by atomic mass is 15.2. The summed E-state index contributed by atoms with van der Waals surface area (Å²) in [6, 6.07) is 9.31. The van der Waals surface area contributed by atoms with Crippen molar-refractivity contribution in [3.63, 3.8) is 0 Å². The zero-order valence-corrected chi connectivity index (χ0v) is 9.66. The van der Waals surface area contributed by atoms with Crippen LogP contribution >= 0.6 is 0 Å². The summed E-state index contributed by atoms with van der Waals surface area (Å²) in [4.78, 5) is 2.55. The Morgan fingerprint density at radius 2 is 2.00 bits per heavy atom. The Hall–Kier alpha value is -1.18. The number of rotatable bonds is 3. The van der Waals surface area contributed by atoms with Crippen LogP contribution in [0.5, 0.6) is 0 Å². The normalized spacial score (nSPS) is 15.0. The largest absolute Gasteiger partial charge is 0.382 e. The van der Waals surface area contributed by atoms with Gasteiger partial charge < -0.3 is 10.2 Å². The third-order valence-electron chi connectivity index (χ3n) is 3.26. The van der Waals surface area contributed by atoms with Crippen molar-refractivity contribution in [2.75, 3.05) is 23.3 Å². The molecule has 2 rings (SSSR count). The first-order chi connectivity index (χ1) is 7.36. The van der Waals surface area contributed by atoms with Gasteiger partial charge in [-0.1, -0.05) is 26.0 Å². The quantitative estimate of drug-likeness (QED) is 0.814. The Morgan fingerprint density at radius 3 is 2.73 bits per heavy atom. The van der Waals surface area contributed by atoms with Crippen LogP contribution in [-0.2, 0) is 0 Å². The molecule has 1 N–H and O–H groups in total. The van der Waals surface area contributed by atoms with Gasteiger partial charge in [-0.2, -0.15) is 0 Å². The van der Waals surface area contributed by atoms with Gasteiger partial charge in [0, 0.05) is 19.1 Å². The second-order valence-corrected chi connectivity index (χ2v) is 4.11. The van der Waals surface area contributed by atoms with Crippen molar-refractivity contribution in [2.45, 2.75) is 32.7 Å². The Labute approximate surface area is 92.3 Å². The average Bonchev–Trinajstić information content (AvgIpc) is 2.31. The number of nitrogens with one attached hydrogen (secondary N) is 1. The van der Waals surface area contributed by atoms with E-state index in [4.69, 9.17) is 0 Å². The Balaban J connectivity index is 2.28. The van der Waals surface area contributed by atoms with Crippen LogP contribution in [0.1, 0.15) is 26.7 Å². The summed E-state index contributed by atoms with van der Waals surface area (Å²) in [7, 11) is 0. The summed E-state index contributed by atoms with van der Waals surface area (Å²) in [6.07, 6.45) is 2.45. The Morgan fingerprint density at radius 1 is 1.27 bits per heavy atom. The molecule has 0 fully saturated rings. The summed E-state index contributed by atoms with van der Waals surface area (Å²) in [5, 5.41) is 3.45. The summed E-state index contributed by atoms with van der Waals surface area (Å²) in [6.45, 7) is 6.74. The molecule has 0 saturated carbocycles. The predicted molar refractivity (Wildman–Crippen MR) is 66.6 cm³/mol. The van der Waals surface area contributed by atoms with E-state index in [1.165, 1.54) is 24.2 Å². The SMILES string of the molecule is CCC(CC)N1CCNc2ccccc21. The summed E-state index contributed by atoms with van der Waals surface area (Å²) in [5.74, 6) is 0. The second kappa shape index (κ2) is 4.56. The highest BCUT2D eigenvalue weighted by molar-refractivity contribution is 5.72. The van der Waals surface area contributed by atoms with E-state index in [2.05, 4.69) is 48.3 Å². The van der Waals surface area contributed by atoms with Gasteiger partial charge in [0.05, 0.1) is 11.4 Å². The van der Waals surface area contributed by atoms with Crippen molar-refractivity contribution >= 4 is 11.4 Å². The van der Waals surface area contributed by atoms with Gasteiger partial charge in [0.15, 0.2) is 0 Å². The molecule has 2 heteroatoms. The Bertz CT molecular complexity index is 318. The molecule has 1 aromatic rings. The molecule has 0 unspecified atom stereocenters. The lowest BCUT2D eigenvalue weighted by Gasteiger charge is -2.37. The van der Waals surface area contributed by atoms with Crippen LogP contribution in [0, 0.1) is 0 Å². The minimum Gasteiger partial charge on any atom is -0.382 e. The van der Waals surface area contributed by atoms with Crippen LogP contribution in [0.4, 0.5) is 11.4 Å². The molecule has 0 radical (unpaired) electrons. The maximum atomic E-state index is 3.45. The monoisotopic (exact) mass is 204 g/mol. The van der Waals surface area contributed by atoms with Crippen LogP contribution < -0.4 is 10.2 Å². The molecule has 1 aliphatic rings. The number of hydrogen-bond donors (Lipinski definition) is 1. The van der Waals surface area contributed by atoms with E-state index >= 15 is 0 Å². The molecule has 15 heavy (non-hydrogen) atoms. The minimum atomic E-state index is 0.688. The Kier molecular flexibility index (Phi) is 3.14. The first-order valence-corrected chi connectivity index (χ1v) is 5.96. The minimum absolute atomic E-state index is 0.688. The lowest BCUT2D eigenvalue weighted by atomic mass is 10.1. The summed E-state index contributed by atoms with van der Waals surface area (Å²) < 4.78 is 0. The molecule has 1 aliphatic heterocycles. The van der Waals surface area contributed by atoms with Crippen molar-refractivity contribution in [1.82, 2.24) is 0 Å². The third kappa shape index (κ3) is 1.94. The van der Waals surface area contributed by atoms with E-state index in [0.29, 0.717) is 6.04 Å². The summed E-state index contributed by atoms with van der Waals surface area (Å²) in [5.41, 5.74) is 2.66. The van der Waals surface area contributed by atoms with Gasteiger partial charge in [0.2, 0.25) is 0 Å². The molecule has 0 saturated heterocycles. The zero-order valence-electron chi connectivity index (χ0n) is 9.66. The van der Waals surface area contributed by atoms with Crippen LogP contribution in [0.15, 0.2) is 24.3 Å². The van der Waals surface area contributed by atoms with Crippen LogP contribution in [0.2, 0.25) is 0 Å². The molecule has 1 aromatic carbocycles. The smallest absolute Gasteiger partial charge is 0.0605 e. The number of anilines is 2. The standard InChI is InChI=1S/C13H20N2/c1-3-11(4-2)15-10-9-14-12-7-5-6-8-13(12)15/h5-8,11,14H,3-4,9-10H2,1-2H3. The van der Waals surface area contributed by atoms with Gasteiger partial charge in [-0.3, -0.25) is 0 Å². The van der Waals surface area contributed by atoms with Crippen LogP contribution in [-0.4, -0.2) is 19.1 Å². The fourth-order valence-electron chi connectivity index (χ4n) is 2.41. The number of fused-ring (bicyclic) bond motifs is 1. The number of hydrogen-bond acceptors (Lipinski definition) is 2. The first-order valence-electron chi connectivity index (χ1n) is 5.96. The van der Waals surface area contributed by atoms with E-state index in [9.17, 15) is 0 Å². The lowest BCUT2D eigenvalue weighted by Crippen LogP contribution is -2.41. The highest BCUT2D eigenvalue weighted by Crippen LogP contribution is 2.31. The van der Waals surface area contributed by atoms with E-state index in [0.717, 1.165) is 13.1 Å². The topological polar surface area (TPSA) is 15.3 Å². The molecule has 0 aliphatic carbocycles. The average molecular weight is 204 g/mol. The zero-order chi connectivity index (χ0) is 10.7. The lowest BCUT2D eigenvalue weighted by molar-refractivity contribution is 0.557. The predicted octanol–water partition coefficient (Wildman–Crippen LogP) is 3.11. The molecular formula is C13H20N2. The molecule has 1 heterocycles. The van der Waals surface area contributed by atoms with Gasteiger partial charge in [-0.15, -0.1) is 0 Å².